The molecular formula is C23H22ClN5O5. The van der Waals surface area contributed by atoms with Crippen LogP contribution in [0.4, 0.5) is 16.2 Å². The van der Waals surface area contributed by atoms with Gasteiger partial charge in [0.05, 0.1) is 5.69 Å². The average Bonchev–Trinajstić information content (AvgIpc) is 2.77. The minimum Gasteiger partial charge on any atom is -0.326 e. The van der Waals surface area contributed by atoms with Crippen molar-refractivity contribution in [2.45, 2.75) is 20.8 Å². The Bertz CT molecular complexity index is 1170. The number of rotatable bonds is 5. The highest BCUT2D eigenvalue weighted by Crippen LogP contribution is 2.22. The Labute approximate surface area is 200 Å². The fourth-order valence-electron chi connectivity index (χ4n) is 2.81. The van der Waals surface area contributed by atoms with Crippen LogP contribution in [0.2, 0.25) is 5.02 Å². The zero-order chi connectivity index (χ0) is 25.0. The highest BCUT2D eigenvalue weighted by molar-refractivity contribution is 6.33. The van der Waals surface area contributed by atoms with Crippen LogP contribution in [-0.2, 0) is 14.4 Å². The van der Waals surface area contributed by atoms with Gasteiger partial charge in [0, 0.05) is 27.9 Å². The topological polar surface area (TPSA) is 137 Å². The van der Waals surface area contributed by atoms with Crippen LogP contribution in [0.25, 0.3) is 0 Å². The van der Waals surface area contributed by atoms with Crippen LogP contribution in [-0.4, -0.2) is 35.9 Å². The molecule has 1 fully saturated rings. The monoisotopic (exact) mass is 483 g/mol. The summed E-state index contributed by atoms with van der Waals surface area (Å²) in [5.74, 6) is -3.89. The van der Waals surface area contributed by atoms with Crippen molar-refractivity contribution in [2.24, 2.45) is 16.4 Å². The van der Waals surface area contributed by atoms with Gasteiger partial charge >= 0.3 is 6.03 Å². The van der Waals surface area contributed by atoms with Crippen molar-refractivity contribution in [2.75, 3.05) is 10.2 Å². The Morgan fingerprint density at radius 3 is 2.24 bits per heavy atom. The molecule has 11 heteroatoms. The summed E-state index contributed by atoms with van der Waals surface area (Å²) in [5.41, 5.74) is 2.65. The lowest BCUT2D eigenvalue weighted by molar-refractivity contribution is -0.131. The second-order valence-electron chi connectivity index (χ2n) is 8.42. The summed E-state index contributed by atoms with van der Waals surface area (Å²) in [6.07, 6.45) is 0.947. The zero-order valence-electron chi connectivity index (χ0n) is 18.6. The van der Waals surface area contributed by atoms with E-state index in [0.29, 0.717) is 10.7 Å². The third-order valence-electron chi connectivity index (χ3n) is 4.76. The molecule has 1 aliphatic rings. The Hall–Kier alpha value is -4.05. The standard InChI is InChI=1S/C23H22ClN5O5/c1-23(2,3)21(33)26-15-8-4-13(5-9-15)18(30)28-25-12-17-19(31)27-22(34)29(20(17)32)16-10-6-14(24)7-11-16/h4-12,17H,1-3H3,(H,26,33)(H,28,30)(H,27,31,34)/b25-12-/t17-/m0/s1. The molecule has 176 valence electrons. The van der Waals surface area contributed by atoms with Crippen LogP contribution in [0.15, 0.2) is 53.6 Å². The highest BCUT2D eigenvalue weighted by Gasteiger charge is 2.40. The van der Waals surface area contributed by atoms with E-state index in [0.717, 1.165) is 11.1 Å². The summed E-state index contributed by atoms with van der Waals surface area (Å²) < 4.78 is 0. The predicted molar refractivity (Wildman–Crippen MR) is 126 cm³/mol. The molecule has 3 N–H and O–H groups in total. The van der Waals surface area contributed by atoms with Crippen LogP contribution >= 0.6 is 11.6 Å². The minimum absolute atomic E-state index is 0.171. The molecule has 6 amide bonds. The van der Waals surface area contributed by atoms with Gasteiger partial charge in [0.2, 0.25) is 11.8 Å². The van der Waals surface area contributed by atoms with Gasteiger partial charge in [-0.15, -0.1) is 0 Å². The fraction of sp³-hybridized carbons (Fsp3) is 0.217. The average molecular weight is 484 g/mol. The van der Waals surface area contributed by atoms with Gasteiger partial charge in [0.25, 0.3) is 11.8 Å². The molecular weight excluding hydrogens is 462 g/mol. The number of anilines is 2. The SMILES string of the molecule is CC(C)(C)C(=O)Nc1ccc(C(=O)N/N=C\[C@H]2C(=O)NC(=O)N(c3ccc(Cl)cc3)C2=O)cc1. The summed E-state index contributed by atoms with van der Waals surface area (Å²) >= 11 is 5.83. The van der Waals surface area contributed by atoms with Crippen molar-refractivity contribution < 1.29 is 24.0 Å². The van der Waals surface area contributed by atoms with Gasteiger partial charge in [-0.05, 0) is 48.5 Å². The summed E-state index contributed by atoms with van der Waals surface area (Å²) in [4.78, 5) is 62.2. The highest BCUT2D eigenvalue weighted by atomic mass is 35.5. The van der Waals surface area contributed by atoms with E-state index in [-0.39, 0.29) is 17.2 Å². The predicted octanol–water partition coefficient (Wildman–Crippen LogP) is 2.94. The van der Waals surface area contributed by atoms with Gasteiger partial charge in [-0.25, -0.2) is 15.1 Å². The summed E-state index contributed by atoms with van der Waals surface area (Å²) in [7, 11) is 0. The number of hydrogen-bond acceptors (Lipinski definition) is 6. The van der Waals surface area contributed by atoms with Crippen molar-refractivity contribution in [3.8, 4) is 0 Å². The molecule has 0 radical (unpaired) electrons. The lowest BCUT2D eigenvalue weighted by atomic mass is 9.95. The summed E-state index contributed by atoms with van der Waals surface area (Å²) in [5, 5.41) is 8.95. The molecule has 34 heavy (non-hydrogen) atoms. The maximum Gasteiger partial charge on any atom is 0.335 e. The van der Waals surface area contributed by atoms with Crippen molar-refractivity contribution >= 4 is 58.9 Å². The maximum absolute atomic E-state index is 12.7. The first-order chi connectivity index (χ1) is 16.0. The molecule has 0 unspecified atom stereocenters. The third-order valence-corrected chi connectivity index (χ3v) is 5.01. The quantitative estimate of drug-likeness (QED) is 0.341. The third kappa shape index (κ3) is 5.65. The number of nitrogens with zero attached hydrogens (tertiary/aromatic N) is 2. The van der Waals surface area contributed by atoms with Crippen LogP contribution in [0.1, 0.15) is 31.1 Å². The molecule has 2 aromatic carbocycles. The van der Waals surface area contributed by atoms with Gasteiger partial charge in [-0.3, -0.25) is 24.5 Å². The number of barbiturate groups is 1. The summed E-state index contributed by atoms with van der Waals surface area (Å²) in [6, 6.07) is 11.1. The molecule has 0 aliphatic carbocycles. The van der Waals surface area contributed by atoms with Crippen molar-refractivity contribution in [1.82, 2.24) is 10.7 Å². The number of urea groups is 1. The van der Waals surface area contributed by atoms with E-state index in [1.165, 1.54) is 36.4 Å². The number of carbonyl (C=O) groups excluding carboxylic acids is 5. The number of nitrogens with one attached hydrogen (secondary N) is 3. The minimum atomic E-state index is -1.43. The van der Waals surface area contributed by atoms with Crippen LogP contribution < -0.4 is 21.0 Å². The van der Waals surface area contributed by atoms with E-state index in [4.69, 9.17) is 11.6 Å². The van der Waals surface area contributed by atoms with E-state index in [2.05, 4.69) is 21.2 Å². The van der Waals surface area contributed by atoms with Gasteiger partial charge < -0.3 is 5.32 Å². The molecule has 1 aliphatic heterocycles. The molecule has 0 saturated carbocycles. The Morgan fingerprint density at radius 1 is 1.03 bits per heavy atom. The Balaban J connectivity index is 1.65. The second-order valence-corrected chi connectivity index (χ2v) is 8.86. The van der Waals surface area contributed by atoms with Crippen LogP contribution in [0.5, 0.6) is 0 Å². The molecule has 2 aromatic rings. The van der Waals surface area contributed by atoms with Gasteiger partial charge in [0.15, 0.2) is 5.92 Å². The number of carbonyl (C=O) groups is 5. The van der Waals surface area contributed by atoms with E-state index >= 15 is 0 Å². The molecule has 0 bridgehead atoms. The lowest BCUT2D eigenvalue weighted by Gasteiger charge is -2.28. The maximum atomic E-state index is 12.7. The van der Waals surface area contributed by atoms with Crippen molar-refractivity contribution in [3.05, 3.63) is 59.1 Å². The fourth-order valence-corrected chi connectivity index (χ4v) is 2.94. The molecule has 1 atom stereocenters. The van der Waals surface area contributed by atoms with E-state index < -0.39 is 35.1 Å². The van der Waals surface area contributed by atoms with E-state index in [1.807, 2.05) is 0 Å². The number of benzene rings is 2. The second kappa shape index (κ2) is 9.84. The van der Waals surface area contributed by atoms with E-state index in [9.17, 15) is 24.0 Å². The smallest absolute Gasteiger partial charge is 0.326 e. The van der Waals surface area contributed by atoms with Gasteiger partial charge in [-0.2, -0.15) is 5.10 Å². The van der Waals surface area contributed by atoms with Crippen LogP contribution in [0.3, 0.4) is 0 Å². The van der Waals surface area contributed by atoms with E-state index in [1.54, 1.807) is 32.9 Å². The molecule has 1 heterocycles. The largest absolute Gasteiger partial charge is 0.335 e. The molecule has 0 aromatic heterocycles. The molecule has 1 saturated heterocycles. The molecule has 0 spiro atoms. The number of hydrazone groups is 1. The first kappa shape index (κ1) is 24.6. The van der Waals surface area contributed by atoms with Crippen molar-refractivity contribution in [3.63, 3.8) is 0 Å². The molecule has 10 nitrogen and oxygen atoms in total. The van der Waals surface area contributed by atoms with Crippen LogP contribution in [0, 0.1) is 11.3 Å². The first-order valence-corrected chi connectivity index (χ1v) is 10.5. The first-order valence-electron chi connectivity index (χ1n) is 10.2. The number of amides is 6. The lowest BCUT2D eigenvalue weighted by Crippen LogP contribution is -2.58. The van der Waals surface area contributed by atoms with Crippen molar-refractivity contribution in [1.29, 1.82) is 0 Å². The Morgan fingerprint density at radius 2 is 1.65 bits per heavy atom. The Kier molecular flexibility index (Phi) is 7.11. The van der Waals surface area contributed by atoms with Gasteiger partial charge in [0.1, 0.15) is 0 Å². The normalized spacial score (nSPS) is 16.4. The summed E-state index contributed by atoms with van der Waals surface area (Å²) in [6.45, 7) is 5.35. The van der Waals surface area contributed by atoms with Gasteiger partial charge in [-0.1, -0.05) is 32.4 Å². The number of hydrogen-bond donors (Lipinski definition) is 3. The zero-order valence-corrected chi connectivity index (χ0v) is 19.3. The number of halogens is 1. The molecule has 3 rings (SSSR count). The number of imide groups is 2.